The molecular weight excluding hydrogens is 558 g/mol. The zero-order valence-electron chi connectivity index (χ0n) is 22.9. The topological polar surface area (TPSA) is 117 Å². The second-order valence-electron chi connectivity index (χ2n) is 9.61. The van der Waals surface area contributed by atoms with Crippen molar-refractivity contribution >= 4 is 57.2 Å². The van der Waals surface area contributed by atoms with Crippen molar-refractivity contribution in [2.24, 2.45) is 9.98 Å². The van der Waals surface area contributed by atoms with Crippen LogP contribution in [0.15, 0.2) is 58.5 Å². The normalized spacial score (nSPS) is 25.6. The number of nitrogens with zero attached hydrogens (tertiary/aromatic N) is 2. The van der Waals surface area contributed by atoms with E-state index in [2.05, 4.69) is 20.6 Å². The fraction of sp³-hybridized carbons (Fsp3) is 0.357. The van der Waals surface area contributed by atoms with Gasteiger partial charge in [-0.15, -0.1) is 0 Å². The monoisotopic (exact) mass is 588 g/mol. The average molecular weight is 589 g/mol. The summed E-state index contributed by atoms with van der Waals surface area (Å²) in [6, 6.07) is 11.6. The third-order valence-corrected chi connectivity index (χ3v) is 9.14. The molecule has 4 atom stereocenters. The van der Waals surface area contributed by atoms with Gasteiger partial charge in [-0.1, -0.05) is 47.8 Å². The Kier molecular flexibility index (Phi) is 9.68. The molecule has 0 saturated carbocycles. The maximum Gasteiger partial charge on any atom is 0.249 e. The third-order valence-electron chi connectivity index (χ3n) is 6.58. The van der Waals surface area contributed by atoms with Gasteiger partial charge in [0.15, 0.2) is 31.4 Å². The van der Waals surface area contributed by atoms with Crippen LogP contribution >= 0.6 is 23.5 Å². The second-order valence-corrected chi connectivity index (χ2v) is 12.4. The summed E-state index contributed by atoms with van der Waals surface area (Å²) in [7, 11) is 0. The van der Waals surface area contributed by atoms with Gasteiger partial charge in [0.05, 0.1) is 12.1 Å². The fourth-order valence-corrected chi connectivity index (χ4v) is 5.58. The summed E-state index contributed by atoms with van der Waals surface area (Å²) in [5.74, 6) is -1.72. The average Bonchev–Trinajstić information content (AvgIpc) is 3.34. The standard InChI is InChI=1S/2C14H15FN2O2S/c2*1-8(10-4-6-11(15)7-5-10)16-13-17-12(19)14(3,20-13)9(2)18/h2*4-8H,1-3H3,(H,16,17,19)/t8-,14+;8-,14-/m00/s1. The number of amidine groups is 2. The molecule has 2 aliphatic rings. The van der Waals surface area contributed by atoms with Gasteiger partial charge in [-0.05, 0) is 76.9 Å². The Bertz CT molecular complexity index is 1280. The first-order valence-electron chi connectivity index (χ1n) is 12.3. The van der Waals surface area contributed by atoms with E-state index in [0.717, 1.165) is 34.7 Å². The van der Waals surface area contributed by atoms with Crippen molar-refractivity contribution < 1.29 is 28.0 Å². The molecule has 2 heterocycles. The predicted octanol–water partition coefficient (Wildman–Crippen LogP) is 4.91. The Hall–Kier alpha value is -3.38. The van der Waals surface area contributed by atoms with Crippen molar-refractivity contribution in [2.45, 2.75) is 63.1 Å². The van der Waals surface area contributed by atoms with Crippen molar-refractivity contribution in [3.8, 4) is 0 Å². The largest absolute Gasteiger partial charge is 0.304 e. The Labute approximate surface area is 239 Å². The van der Waals surface area contributed by atoms with E-state index in [1.165, 1.54) is 38.1 Å². The molecule has 0 unspecified atom stereocenters. The number of thioether (sulfide) groups is 2. The number of ketones is 2. The van der Waals surface area contributed by atoms with Crippen LogP contribution in [0.1, 0.15) is 64.8 Å². The van der Waals surface area contributed by atoms with Crippen molar-refractivity contribution in [2.75, 3.05) is 0 Å². The Morgan fingerprint density at radius 1 is 0.700 bits per heavy atom. The SMILES string of the molecule is CC(=O)[C@@]1(C)SC(=N[C@@H](C)c2ccc(F)cc2)NC1=O.CC(=O)[C@]1(C)SC(=N[C@@H](C)c2ccc(F)cc2)NC1=O. The second kappa shape index (κ2) is 12.4. The van der Waals surface area contributed by atoms with Gasteiger partial charge >= 0.3 is 0 Å². The van der Waals surface area contributed by atoms with Crippen LogP contribution < -0.4 is 10.6 Å². The van der Waals surface area contributed by atoms with Gasteiger partial charge in [0.2, 0.25) is 11.8 Å². The number of aliphatic imine (C=N–C) groups is 2. The zero-order valence-corrected chi connectivity index (χ0v) is 24.5. The first-order chi connectivity index (χ1) is 18.7. The summed E-state index contributed by atoms with van der Waals surface area (Å²) in [6.45, 7) is 9.63. The Morgan fingerprint density at radius 2 is 1.00 bits per heavy atom. The number of nitrogens with one attached hydrogen (secondary N) is 2. The van der Waals surface area contributed by atoms with E-state index in [9.17, 15) is 28.0 Å². The summed E-state index contributed by atoms with van der Waals surface area (Å²) in [5, 5.41) is 6.08. The first kappa shape index (κ1) is 31.2. The molecule has 2 aliphatic heterocycles. The lowest BCUT2D eigenvalue weighted by Crippen LogP contribution is -2.39. The number of hydrogen-bond acceptors (Lipinski definition) is 8. The Morgan fingerprint density at radius 3 is 1.25 bits per heavy atom. The molecule has 2 N–H and O–H groups in total. The molecule has 0 bridgehead atoms. The van der Waals surface area contributed by atoms with Crippen LogP contribution in [0.4, 0.5) is 8.78 Å². The molecule has 0 aromatic heterocycles. The van der Waals surface area contributed by atoms with Crippen LogP contribution in [0.3, 0.4) is 0 Å². The summed E-state index contributed by atoms with van der Waals surface area (Å²) in [5.41, 5.74) is 1.68. The molecule has 40 heavy (non-hydrogen) atoms. The highest BCUT2D eigenvalue weighted by atomic mass is 32.2. The Balaban J connectivity index is 0.000000220. The van der Waals surface area contributed by atoms with Crippen LogP contribution in [0, 0.1) is 11.6 Å². The van der Waals surface area contributed by atoms with E-state index < -0.39 is 9.49 Å². The molecule has 2 amide bonds. The third kappa shape index (κ3) is 7.03. The highest BCUT2D eigenvalue weighted by Crippen LogP contribution is 2.35. The van der Waals surface area contributed by atoms with Crippen molar-refractivity contribution in [1.82, 2.24) is 10.6 Å². The number of benzene rings is 2. The van der Waals surface area contributed by atoms with Gasteiger partial charge in [-0.3, -0.25) is 29.2 Å². The molecule has 4 rings (SSSR count). The fourth-order valence-electron chi connectivity index (χ4n) is 3.53. The smallest absolute Gasteiger partial charge is 0.249 e. The minimum Gasteiger partial charge on any atom is -0.304 e. The van der Waals surface area contributed by atoms with E-state index >= 15 is 0 Å². The molecular formula is C28H30F2N4O4S2. The number of hydrogen-bond donors (Lipinski definition) is 2. The minimum atomic E-state index is -1.11. The first-order valence-corrected chi connectivity index (χ1v) is 14.0. The predicted molar refractivity (Wildman–Crippen MR) is 154 cm³/mol. The van der Waals surface area contributed by atoms with Gasteiger partial charge in [0, 0.05) is 0 Å². The molecule has 212 valence electrons. The van der Waals surface area contributed by atoms with E-state index in [-0.39, 0.29) is 47.1 Å². The molecule has 2 fully saturated rings. The van der Waals surface area contributed by atoms with Gasteiger partial charge in [0.1, 0.15) is 11.6 Å². The molecule has 0 spiro atoms. The summed E-state index contributed by atoms with van der Waals surface area (Å²) in [4.78, 5) is 55.5. The van der Waals surface area contributed by atoms with Crippen molar-refractivity contribution in [1.29, 1.82) is 0 Å². The lowest BCUT2D eigenvalue weighted by molar-refractivity contribution is -0.130. The lowest BCUT2D eigenvalue weighted by atomic mass is 10.1. The molecule has 8 nitrogen and oxygen atoms in total. The van der Waals surface area contributed by atoms with Gasteiger partial charge in [-0.2, -0.15) is 0 Å². The van der Waals surface area contributed by atoms with Crippen LogP contribution in [0.25, 0.3) is 0 Å². The number of rotatable bonds is 6. The minimum absolute atomic E-state index is 0.209. The lowest BCUT2D eigenvalue weighted by Gasteiger charge is -2.13. The maximum absolute atomic E-state index is 12.9. The zero-order chi connectivity index (χ0) is 29.8. The molecule has 12 heteroatoms. The quantitative estimate of drug-likeness (QED) is 0.464. The number of halogens is 2. The van der Waals surface area contributed by atoms with E-state index in [1.807, 2.05) is 13.8 Å². The van der Waals surface area contributed by atoms with Gasteiger partial charge in [0.25, 0.3) is 0 Å². The highest BCUT2D eigenvalue weighted by Gasteiger charge is 2.47. The molecule has 0 radical (unpaired) electrons. The number of Topliss-reactive ketones (excluding diaryl/α,β-unsaturated/α-hetero) is 2. The molecule has 2 saturated heterocycles. The summed E-state index contributed by atoms with van der Waals surface area (Å²) < 4.78 is 23.5. The van der Waals surface area contributed by atoms with Crippen LogP contribution in [-0.4, -0.2) is 43.2 Å². The van der Waals surface area contributed by atoms with Crippen LogP contribution in [0.5, 0.6) is 0 Å². The molecule has 2 aromatic rings. The van der Waals surface area contributed by atoms with Gasteiger partial charge in [-0.25, -0.2) is 8.78 Å². The number of amides is 2. The van der Waals surface area contributed by atoms with Crippen molar-refractivity contribution in [3.05, 3.63) is 71.3 Å². The van der Waals surface area contributed by atoms with E-state index in [4.69, 9.17) is 0 Å². The van der Waals surface area contributed by atoms with Crippen LogP contribution in [-0.2, 0) is 19.2 Å². The van der Waals surface area contributed by atoms with E-state index in [0.29, 0.717) is 10.3 Å². The maximum atomic E-state index is 12.9. The molecule has 2 aromatic carbocycles. The van der Waals surface area contributed by atoms with Crippen molar-refractivity contribution in [3.63, 3.8) is 0 Å². The highest BCUT2D eigenvalue weighted by molar-refractivity contribution is 8.17. The summed E-state index contributed by atoms with van der Waals surface area (Å²) >= 11 is 2.24. The number of carbonyl (C=O) groups excluding carboxylic acids is 4. The molecule has 0 aliphatic carbocycles. The summed E-state index contributed by atoms with van der Waals surface area (Å²) in [6.07, 6.45) is 0. The van der Waals surface area contributed by atoms with Crippen LogP contribution in [0.2, 0.25) is 0 Å². The number of carbonyl (C=O) groups is 4. The van der Waals surface area contributed by atoms with E-state index in [1.54, 1.807) is 38.1 Å². The van der Waals surface area contributed by atoms with Gasteiger partial charge < -0.3 is 10.6 Å².